The summed E-state index contributed by atoms with van der Waals surface area (Å²) in [5.41, 5.74) is 0. The Morgan fingerprint density at radius 3 is 2.00 bits per heavy atom. The Labute approximate surface area is 41.8 Å². The van der Waals surface area contributed by atoms with Gasteiger partial charge in [0.1, 0.15) is 0 Å². The van der Waals surface area contributed by atoms with Gasteiger partial charge in [0, 0.05) is 0 Å². The third-order valence-corrected chi connectivity index (χ3v) is 1.27. The predicted molar refractivity (Wildman–Crippen MR) is 25.5 cm³/mol. The molecule has 1 unspecified atom stereocenters. The summed E-state index contributed by atoms with van der Waals surface area (Å²) in [5, 5.41) is 0. The summed E-state index contributed by atoms with van der Waals surface area (Å²) in [4.78, 5) is 0.759. The van der Waals surface area contributed by atoms with Crippen molar-refractivity contribution >= 4 is 16.0 Å². The molecule has 0 bridgehead atoms. The normalized spacial score (nSPS) is 15.0. The molecule has 1 heteroatoms. The van der Waals surface area contributed by atoms with Crippen LogP contribution in [0.2, 0.25) is 4.82 Å². The summed E-state index contributed by atoms with van der Waals surface area (Å²) in [6.45, 7) is 4.33. The first kappa shape index (κ1) is 5.52. The van der Waals surface area contributed by atoms with Gasteiger partial charge in [-0.2, -0.15) is 0 Å². The van der Waals surface area contributed by atoms with Crippen molar-refractivity contribution < 1.29 is 0 Å². The summed E-state index contributed by atoms with van der Waals surface area (Å²) in [6.07, 6.45) is 1.25. The molecule has 0 saturated heterocycles. The van der Waals surface area contributed by atoms with Crippen LogP contribution in [0.15, 0.2) is 0 Å². The van der Waals surface area contributed by atoms with E-state index in [9.17, 15) is 0 Å². The Bertz CT molecular complexity index is 17.6. The van der Waals surface area contributed by atoms with Crippen molar-refractivity contribution in [3.8, 4) is 0 Å². The number of rotatable bonds is 1. The van der Waals surface area contributed by atoms with Gasteiger partial charge in [-0.15, -0.1) is 0 Å². The van der Waals surface area contributed by atoms with Crippen molar-refractivity contribution in [2.45, 2.75) is 25.1 Å². The SMILES string of the molecule is CCC(C)[Se]. The standard InChI is InChI=1S/C4H9Se/c1-3-4(2)5/h4H,3H2,1-2H3. The number of hydrogen-bond acceptors (Lipinski definition) is 0. The first-order valence-corrected chi connectivity index (χ1v) is 2.92. The van der Waals surface area contributed by atoms with Gasteiger partial charge in [0.15, 0.2) is 0 Å². The van der Waals surface area contributed by atoms with E-state index in [0.717, 1.165) is 4.82 Å². The minimum atomic E-state index is 0.759. The van der Waals surface area contributed by atoms with Crippen molar-refractivity contribution in [1.29, 1.82) is 0 Å². The van der Waals surface area contributed by atoms with Crippen molar-refractivity contribution in [3.05, 3.63) is 0 Å². The van der Waals surface area contributed by atoms with Crippen molar-refractivity contribution in [2.24, 2.45) is 0 Å². The van der Waals surface area contributed by atoms with E-state index < -0.39 is 0 Å². The van der Waals surface area contributed by atoms with Crippen LogP contribution in [0.4, 0.5) is 0 Å². The molecule has 1 radical (unpaired) electrons. The first-order valence-electron chi connectivity index (χ1n) is 1.93. The van der Waals surface area contributed by atoms with Gasteiger partial charge in [0.05, 0.1) is 0 Å². The van der Waals surface area contributed by atoms with E-state index in [1.54, 1.807) is 0 Å². The van der Waals surface area contributed by atoms with Crippen LogP contribution in [0.3, 0.4) is 0 Å². The Balaban J connectivity index is 2.54. The Morgan fingerprint density at radius 2 is 2.00 bits per heavy atom. The molecule has 0 amide bonds. The van der Waals surface area contributed by atoms with Gasteiger partial charge in [-0.25, -0.2) is 0 Å². The molecule has 0 aromatic rings. The van der Waals surface area contributed by atoms with Gasteiger partial charge >= 0.3 is 41.1 Å². The van der Waals surface area contributed by atoms with Gasteiger partial charge in [-0.3, -0.25) is 0 Å². The fraction of sp³-hybridized carbons (Fsp3) is 1.00. The molecular weight excluding hydrogens is 127 g/mol. The molecule has 0 spiro atoms. The molecule has 0 saturated carbocycles. The second kappa shape index (κ2) is 2.74. The van der Waals surface area contributed by atoms with E-state index in [2.05, 4.69) is 29.9 Å². The van der Waals surface area contributed by atoms with E-state index in [1.165, 1.54) is 6.42 Å². The summed E-state index contributed by atoms with van der Waals surface area (Å²) >= 11 is 2.99. The maximum absolute atomic E-state index is 2.99. The van der Waals surface area contributed by atoms with E-state index >= 15 is 0 Å². The Morgan fingerprint density at radius 1 is 1.80 bits per heavy atom. The van der Waals surface area contributed by atoms with Gasteiger partial charge < -0.3 is 0 Å². The van der Waals surface area contributed by atoms with Crippen molar-refractivity contribution in [1.82, 2.24) is 0 Å². The molecule has 0 aromatic heterocycles. The average molecular weight is 136 g/mol. The van der Waals surface area contributed by atoms with Crippen LogP contribution in [0, 0.1) is 0 Å². The fourth-order valence-corrected chi connectivity index (χ4v) is 0. The molecule has 31 valence electrons. The molecular formula is C4H9Se. The van der Waals surface area contributed by atoms with Gasteiger partial charge in [0.25, 0.3) is 0 Å². The van der Waals surface area contributed by atoms with Gasteiger partial charge in [0.2, 0.25) is 0 Å². The molecule has 0 aliphatic carbocycles. The molecule has 0 rings (SSSR count). The molecule has 0 aliphatic heterocycles. The predicted octanol–water partition coefficient (Wildman–Crippen LogP) is 1.37. The van der Waals surface area contributed by atoms with Crippen molar-refractivity contribution in [3.63, 3.8) is 0 Å². The summed E-state index contributed by atoms with van der Waals surface area (Å²) < 4.78 is 0. The van der Waals surface area contributed by atoms with Crippen LogP contribution in [0.25, 0.3) is 0 Å². The zero-order valence-corrected chi connectivity index (χ0v) is 5.41. The Kier molecular flexibility index (Phi) is 3.03. The minimum absolute atomic E-state index is 0.759. The molecule has 1 atom stereocenters. The van der Waals surface area contributed by atoms with E-state index in [-0.39, 0.29) is 0 Å². The molecule has 5 heavy (non-hydrogen) atoms. The Hall–Kier alpha value is 0.519. The van der Waals surface area contributed by atoms with Crippen LogP contribution in [0.5, 0.6) is 0 Å². The molecule has 0 fully saturated rings. The molecule has 0 heterocycles. The number of hydrogen-bond donors (Lipinski definition) is 0. The van der Waals surface area contributed by atoms with Gasteiger partial charge in [-0.05, 0) is 0 Å². The zero-order chi connectivity index (χ0) is 4.28. The van der Waals surface area contributed by atoms with Crippen LogP contribution in [-0.2, 0) is 0 Å². The molecule has 0 aromatic carbocycles. The van der Waals surface area contributed by atoms with E-state index in [0.29, 0.717) is 0 Å². The van der Waals surface area contributed by atoms with Crippen molar-refractivity contribution in [2.75, 3.05) is 0 Å². The second-order valence-electron chi connectivity index (χ2n) is 1.22. The zero-order valence-electron chi connectivity index (χ0n) is 3.69. The summed E-state index contributed by atoms with van der Waals surface area (Å²) in [6, 6.07) is 0. The van der Waals surface area contributed by atoms with Crippen LogP contribution < -0.4 is 0 Å². The average Bonchev–Trinajstić information content (AvgIpc) is 1.38. The van der Waals surface area contributed by atoms with E-state index in [1.807, 2.05) is 0 Å². The monoisotopic (exact) mass is 137 g/mol. The summed E-state index contributed by atoms with van der Waals surface area (Å²) in [5.74, 6) is 0. The molecule has 0 nitrogen and oxygen atoms in total. The van der Waals surface area contributed by atoms with Crippen LogP contribution in [-0.4, -0.2) is 16.0 Å². The quantitative estimate of drug-likeness (QED) is 0.477. The first-order chi connectivity index (χ1) is 2.27. The third-order valence-electron chi connectivity index (χ3n) is 0.575. The molecule has 0 aliphatic rings. The van der Waals surface area contributed by atoms with Crippen LogP contribution in [0.1, 0.15) is 20.3 Å². The fourth-order valence-electron chi connectivity index (χ4n) is 0. The topological polar surface area (TPSA) is 0 Å². The maximum atomic E-state index is 2.99. The third kappa shape index (κ3) is 4.52. The second-order valence-corrected chi connectivity index (χ2v) is 2.91. The van der Waals surface area contributed by atoms with Crippen LogP contribution >= 0.6 is 0 Å². The summed E-state index contributed by atoms with van der Waals surface area (Å²) in [7, 11) is 0. The van der Waals surface area contributed by atoms with E-state index in [4.69, 9.17) is 0 Å². The molecule has 0 N–H and O–H groups in total. The van der Waals surface area contributed by atoms with Gasteiger partial charge in [-0.1, -0.05) is 0 Å².